The molecule has 0 aliphatic rings. The number of halogens is 1. The molecule has 5 nitrogen and oxygen atoms in total. The molecule has 2 aromatic carbocycles. The number of hydrogen-bond acceptors (Lipinski definition) is 3. The van der Waals surface area contributed by atoms with Gasteiger partial charge < -0.3 is 15.4 Å². The zero-order valence-electron chi connectivity index (χ0n) is 15.1. The lowest BCUT2D eigenvalue weighted by Crippen LogP contribution is -2.29. The summed E-state index contributed by atoms with van der Waals surface area (Å²) < 4.78 is 5.59. The van der Waals surface area contributed by atoms with Crippen LogP contribution in [-0.4, -0.2) is 18.4 Å². The Balaban J connectivity index is 2.14. The number of ether oxygens (including phenoxy) is 1. The van der Waals surface area contributed by atoms with Gasteiger partial charge in [-0.25, -0.2) is 0 Å². The van der Waals surface area contributed by atoms with E-state index < -0.39 is 6.04 Å². The van der Waals surface area contributed by atoms with Crippen LogP contribution in [0.1, 0.15) is 37.4 Å². The summed E-state index contributed by atoms with van der Waals surface area (Å²) in [6, 6.07) is 12.2. The van der Waals surface area contributed by atoms with Crippen molar-refractivity contribution >= 4 is 29.1 Å². The molecule has 0 heterocycles. The third-order valence-corrected chi connectivity index (χ3v) is 4.00. The molecule has 0 spiro atoms. The zero-order chi connectivity index (χ0) is 19.1. The van der Waals surface area contributed by atoms with Crippen LogP contribution in [0.25, 0.3) is 0 Å². The lowest BCUT2D eigenvalue weighted by molar-refractivity contribution is -0.120. The zero-order valence-corrected chi connectivity index (χ0v) is 15.9. The van der Waals surface area contributed by atoms with Crippen LogP contribution in [0.3, 0.4) is 0 Å². The van der Waals surface area contributed by atoms with Crippen LogP contribution in [0.2, 0.25) is 5.02 Å². The molecule has 0 fully saturated rings. The van der Waals surface area contributed by atoms with E-state index >= 15 is 0 Å². The summed E-state index contributed by atoms with van der Waals surface area (Å²) in [5, 5.41) is 6.27. The number of anilines is 1. The highest BCUT2D eigenvalue weighted by atomic mass is 35.5. The maximum absolute atomic E-state index is 12.5. The normalized spacial score (nSPS) is 11.5. The van der Waals surface area contributed by atoms with Gasteiger partial charge in [-0.15, -0.1) is 0 Å². The van der Waals surface area contributed by atoms with E-state index in [-0.39, 0.29) is 18.2 Å². The quantitative estimate of drug-likeness (QED) is 0.761. The highest BCUT2D eigenvalue weighted by molar-refractivity contribution is 6.30. The van der Waals surface area contributed by atoms with Crippen LogP contribution >= 0.6 is 11.6 Å². The van der Waals surface area contributed by atoms with Gasteiger partial charge in [0.25, 0.3) is 0 Å². The van der Waals surface area contributed by atoms with Gasteiger partial charge in [-0.3, -0.25) is 9.59 Å². The van der Waals surface area contributed by atoms with Crippen LogP contribution in [0.15, 0.2) is 42.5 Å². The van der Waals surface area contributed by atoms with Crippen LogP contribution in [0.4, 0.5) is 5.69 Å². The molecule has 2 amide bonds. The number of nitrogens with one attached hydrogen (secondary N) is 2. The van der Waals surface area contributed by atoms with E-state index in [4.69, 9.17) is 16.3 Å². The highest BCUT2D eigenvalue weighted by Crippen LogP contribution is 2.27. The number of carbonyl (C=O) groups excluding carboxylic acids is 2. The first kappa shape index (κ1) is 19.8. The summed E-state index contributed by atoms with van der Waals surface area (Å²) in [5.41, 5.74) is 2.47. The van der Waals surface area contributed by atoms with Crippen LogP contribution in [0.5, 0.6) is 5.75 Å². The van der Waals surface area contributed by atoms with Crippen molar-refractivity contribution in [2.45, 2.75) is 33.2 Å². The Morgan fingerprint density at radius 3 is 2.46 bits per heavy atom. The van der Waals surface area contributed by atoms with E-state index in [1.54, 1.807) is 24.3 Å². The third kappa shape index (κ3) is 5.77. The number of carbonyl (C=O) groups is 2. The number of hydrogen-bond donors (Lipinski definition) is 2. The van der Waals surface area contributed by atoms with E-state index in [2.05, 4.69) is 10.6 Å². The smallest absolute Gasteiger partial charge is 0.226 e. The maximum Gasteiger partial charge on any atom is 0.226 e. The number of benzene rings is 2. The number of aryl methyl sites for hydroxylation is 1. The first-order valence-electron chi connectivity index (χ1n) is 8.45. The average molecular weight is 375 g/mol. The monoisotopic (exact) mass is 374 g/mol. The van der Waals surface area contributed by atoms with Crippen molar-refractivity contribution in [2.24, 2.45) is 0 Å². The summed E-state index contributed by atoms with van der Waals surface area (Å²) in [5.74, 6) is 0.204. The topological polar surface area (TPSA) is 67.4 Å². The molecule has 1 atom stereocenters. The summed E-state index contributed by atoms with van der Waals surface area (Å²) in [6.07, 6.45) is 0.0979. The molecule has 0 aliphatic carbocycles. The van der Waals surface area contributed by atoms with Gasteiger partial charge in [-0.1, -0.05) is 29.8 Å². The number of amides is 2. The highest BCUT2D eigenvalue weighted by Gasteiger charge is 2.18. The van der Waals surface area contributed by atoms with Gasteiger partial charge >= 0.3 is 0 Å². The fourth-order valence-corrected chi connectivity index (χ4v) is 2.71. The molecular formula is C20H23ClN2O3. The molecule has 2 rings (SSSR count). The van der Waals surface area contributed by atoms with Crippen molar-refractivity contribution in [3.63, 3.8) is 0 Å². The molecular weight excluding hydrogens is 352 g/mol. The summed E-state index contributed by atoms with van der Waals surface area (Å²) in [6.45, 7) is 5.78. The molecule has 0 aromatic heterocycles. The second-order valence-electron chi connectivity index (χ2n) is 5.99. The average Bonchev–Trinajstić information content (AvgIpc) is 2.57. The van der Waals surface area contributed by atoms with Crippen molar-refractivity contribution in [3.05, 3.63) is 58.6 Å². The first-order valence-corrected chi connectivity index (χ1v) is 8.82. The number of rotatable bonds is 7. The summed E-state index contributed by atoms with van der Waals surface area (Å²) in [7, 11) is 0. The summed E-state index contributed by atoms with van der Waals surface area (Å²) >= 11 is 5.91. The molecule has 26 heavy (non-hydrogen) atoms. The molecule has 0 aliphatic heterocycles. The maximum atomic E-state index is 12.5. The van der Waals surface area contributed by atoms with Gasteiger partial charge in [-0.2, -0.15) is 0 Å². The van der Waals surface area contributed by atoms with Crippen molar-refractivity contribution < 1.29 is 14.3 Å². The van der Waals surface area contributed by atoms with Crippen LogP contribution in [0, 0.1) is 6.92 Å². The predicted molar refractivity (Wildman–Crippen MR) is 104 cm³/mol. The van der Waals surface area contributed by atoms with Gasteiger partial charge in [0, 0.05) is 11.9 Å². The standard InChI is InChI=1S/C20H23ClN2O3/c1-4-26-19-11-13(2)5-10-17(19)23-20(25)12-18(22-14(3)24)15-6-8-16(21)9-7-15/h5-11,18H,4,12H2,1-3H3,(H,22,24)(H,23,25). The predicted octanol–water partition coefficient (Wildman–Crippen LogP) is 4.25. The molecule has 0 saturated carbocycles. The van der Waals surface area contributed by atoms with E-state index in [0.29, 0.717) is 23.1 Å². The molecule has 6 heteroatoms. The van der Waals surface area contributed by atoms with Gasteiger partial charge in [-0.05, 0) is 49.2 Å². The molecule has 138 valence electrons. The molecule has 2 N–H and O–H groups in total. The van der Waals surface area contributed by atoms with Crippen molar-refractivity contribution in [1.29, 1.82) is 0 Å². The molecule has 1 unspecified atom stereocenters. The van der Waals surface area contributed by atoms with Gasteiger partial charge in [0.15, 0.2) is 0 Å². The first-order chi connectivity index (χ1) is 12.4. The Bertz CT molecular complexity index is 775. The molecule has 2 aromatic rings. The van der Waals surface area contributed by atoms with E-state index in [1.165, 1.54) is 6.92 Å². The van der Waals surface area contributed by atoms with Crippen molar-refractivity contribution in [2.75, 3.05) is 11.9 Å². The van der Waals surface area contributed by atoms with Gasteiger partial charge in [0.2, 0.25) is 11.8 Å². The van der Waals surface area contributed by atoms with Crippen molar-refractivity contribution in [1.82, 2.24) is 5.32 Å². The molecule has 0 radical (unpaired) electrons. The SMILES string of the molecule is CCOc1cc(C)ccc1NC(=O)CC(NC(C)=O)c1ccc(Cl)cc1. The van der Waals surface area contributed by atoms with Crippen LogP contribution in [-0.2, 0) is 9.59 Å². The third-order valence-electron chi connectivity index (χ3n) is 3.75. The van der Waals surface area contributed by atoms with E-state index in [9.17, 15) is 9.59 Å². The largest absolute Gasteiger partial charge is 0.492 e. The van der Waals surface area contributed by atoms with E-state index in [0.717, 1.165) is 11.1 Å². The fraction of sp³-hybridized carbons (Fsp3) is 0.300. The van der Waals surface area contributed by atoms with Crippen molar-refractivity contribution in [3.8, 4) is 5.75 Å². The minimum absolute atomic E-state index is 0.0979. The van der Waals surface area contributed by atoms with Gasteiger partial charge in [0.1, 0.15) is 5.75 Å². The fourth-order valence-electron chi connectivity index (χ4n) is 2.59. The van der Waals surface area contributed by atoms with Gasteiger partial charge in [0.05, 0.1) is 24.8 Å². The Morgan fingerprint density at radius 2 is 1.85 bits per heavy atom. The lowest BCUT2D eigenvalue weighted by Gasteiger charge is -2.19. The van der Waals surface area contributed by atoms with E-state index in [1.807, 2.05) is 32.0 Å². The molecule has 0 bridgehead atoms. The Morgan fingerprint density at radius 1 is 1.15 bits per heavy atom. The second kappa shape index (κ2) is 9.25. The second-order valence-corrected chi connectivity index (χ2v) is 6.43. The Kier molecular flexibility index (Phi) is 7.04. The Hall–Kier alpha value is -2.53. The minimum Gasteiger partial charge on any atom is -0.492 e. The van der Waals surface area contributed by atoms with Crippen LogP contribution < -0.4 is 15.4 Å². The lowest BCUT2D eigenvalue weighted by atomic mass is 10.0. The summed E-state index contributed by atoms with van der Waals surface area (Å²) in [4.78, 5) is 24.1. The Labute approximate surface area is 158 Å². The molecule has 0 saturated heterocycles. The minimum atomic E-state index is -0.439.